The molecule has 0 N–H and O–H groups in total. The van der Waals surface area contributed by atoms with Gasteiger partial charge in [0.2, 0.25) is 0 Å². The third-order valence-corrected chi connectivity index (χ3v) is 10.2. The van der Waals surface area contributed by atoms with E-state index in [1.807, 2.05) is 0 Å². The van der Waals surface area contributed by atoms with E-state index in [1.54, 1.807) is 0 Å². The summed E-state index contributed by atoms with van der Waals surface area (Å²) in [6.45, 7) is 14.4. The smallest absolute Gasteiger partial charge is 0.0465 e. The average molecular weight is 548 g/mol. The molecule has 0 aromatic heterocycles. The Hall–Kier alpha value is -4.10. The van der Waals surface area contributed by atoms with Crippen molar-refractivity contribution in [1.82, 2.24) is 0 Å². The molecule has 0 saturated heterocycles. The second-order valence-electron chi connectivity index (χ2n) is 14.1. The molecule has 0 spiro atoms. The summed E-state index contributed by atoms with van der Waals surface area (Å²) in [6, 6.07) is 43.0. The fourth-order valence-electron chi connectivity index (χ4n) is 7.43. The van der Waals surface area contributed by atoms with Crippen LogP contribution in [0, 0.1) is 0 Å². The van der Waals surface area contributed by atoms with E-state index in [0.29, 0.717) is 0 Å². The number of hydrogen-bond donors (Lipinski definition) is 0. The lowest BCUT2D eigenvalue weighted by Gasteiger charge is -2.42. The van der Waals surface area contributed by atoms with Crippen molar-refractivity contribution in [2.24, 2.45) is 0 Å². The average Bonchev–Trinajstić information content (AvgIpc) is 3.23. The highest BCUT2D eigenvalue weighted by molar-refractivity contribution is 5.86. The van der Waals surface area contributed by atoms with Gasteiger partial charge in [-0.15, -0.1) is 0 Å². The molecule has 42 heavy (non-hydrogen) atoms. The van der Waals surface area contributed by atoms with Crippen molar-refractivity contribution >= 4 is 17.1 Å². The molecule has 0 radical (unpaired) electrons. The van der Waals surface area contributed by atoms with Crippen molar-refractivity contribution in [1.29, 1.82) is 0 Å². The van der Waals surface area contributed by atoms with Gasteiger partial charge in [-0.3, -0.25) is 0 Å². The summed E-state index contributed by atoms with van der Waals surface area (Å²) in [6.07, 6.45) is 2.42. The number of rotatable bonds is 4. The van der Waals surface area contributed by atoms with Gasteiger partial charge in [-0.2, -0.15) is 0 Å². The van der Waals surface area contributed by atoms with Crippen LogP contribution in [0.4, 0.5) is 17.1 Å². The van der Waals surface area contributed by atoms with Crippen LogP contribution in [0.2, 0.25) is 0 Å². The van der Waals surface area contributed by atoms with E-state index in [4.69, 9.17) is 0 Å². The maximum Gasteiger partial charge on any atom is 0.0465 e. The maximum absolute atomic E-state index is 2.48. The van der Waals surface area contributed by atoms with Crippen molar-refractivity contribution < 1.29 is 0 Å². The van der Waals surface area contributed by atoms with E-state index in [1.165, 1.54) is 74.4 Å². The van der Waals surface area contributed by atoms with Crippen LogP contribution in [-0.4, -0.2) is 0 Å². The lowest BCUT2D eigenvalue weighted by Crippen LogP contribution is -2.34. The second kappa shape index (κ2) is 9.46. The predicted octanol–water partition coefficient (Wildman–Crippen LogP) is 11.5. The van der Waals surface area contributed by atoms with Crippen molar-refractivity contribution in [3.05, 3.63) is 138 Å². The van der Waals surface area contributed by atoms with Crippen molar-refractivity contribution in [3.8, 4) is 22.3 Å². The van der Waals surface area contributed by atoms with Crippen LogP contribution in [0.3, 0.4) is 0 Å². The molecule has 0 heterocycles. The topological polar surface area (TPSA) is 3.24 Å². The lowest BCUT2D eigenvalue weighted by atomic mass is 9.63. The minimum Gasteiger partial charge on any atom is -0.310 e. The first-order valence-electron chi connectivity index (χ1n) is 15.4. The zero-order chi connectivity index (χ0) is 29.3. The molecule has 0 saturated carbocycles. The Morgan fingerprint density at radius 1 is 0.429 bits per heavy atom. The van der Waals surface area contributed by atoms with Gasteiger partial charge in [0.25, 0.3) is 0 Å². The number of nitrogens with zero attached hydrogens (tertiary/aromatic N) is 1. The van der Waals surface area contributed by atoms with E-state index in [9.17, 15) is 0 Å². The Bertz CT molecular complexity index is 1790. The summed E-state index contributed by atoms with van der Waals surface area (Å²) in [5.74, 6) is 0. The zero-order valence-electron chi connectivity index (χ0n) is 25.8. The fourth-order valence-corrected chi connectivity index (χ4v) is 7.43. The Kier molecular flexibility index (Phi) is 6.03. The Balaban J connectivity index is 1.40. The van der Waals surface area contributed by atoms with Crippen LogP contribution in [0.5, 0.6) is 0 Å². The molecule has 210 valence electrons. The van der Waals surface area contributed by atoms with Gasteiger partial charge in [0.15, 0.2) is 0 Å². The SMILES string of the molecule is CC1(C)CCC(C)(C)c2cc(N(c3ccc(-c4ccccc4)cc3)c3ccc4c(c3)C(C)(C)c3ccccc3-4)ccc21. The fraction of sp³-hybridized carbons (Fsp3) is 0.268. The zero-order valence-corrected chi connectivity index (χ0v) is 25.8. The summed E-state index contributed by atoms with van der Waals surface area (Å²) >= 11 is 0. The third kappa shape index (κ3) is 4.21. The molecule has 0 bridgehead atoms. The maximum atomic E-state index is 2.48. The molecule has 1 nitrogen and oxygen atoms in total. The molecule has 0 unspecified atom stereocenters. The van der Waals surface area contributed by atoms with Crippen LogP contribution in [0.25, 0.3) is 22.3 Å². The summed E-state index contributed by atoms with van der Waals surface area (Å²) in [5, 5.41) is 0. The number of anilines is 3. The Labute approximate surface area is 251 Å². The minimum absolute atomic E-state index is 0.0490. The monoisotopic (exact) mass is 547 g/mol. The van der Waals surface area contributed by atoms with Crippen molar-refractivity contribution in [3.63, 3.8) is 0 Å². The highest BCUT2D eigenvalue weighted by Gasteiger charge is 2.38. The van der Waals surface area contributed by atoms with Gasteiger partial charge in [-0.05, 0) is 105 Å². The summed E-state index contributed by atoms with van der Waals surface area (Å²) in [5.41, 5.74) is 14.9. The second-order valence-corrected chi connectivity index (χ2v) is 14.1. The number of fused-ring (bicyclic) bond motifs is 4. The Morgan fingerprint density at radius 3 is 1.67 bits per heavy atom. The van der Waals surface area contributed by atoms with Gasteiger partial charge in [-0.25, -0.2) is 0 Å². The number of hydrogen-bond acceptors (Lipinski definition) is 1. The largest absolute Gasteiger partial charge is 0.310 e. The predicted molar refractivity (Wildman–Crippen MR) is 179 cm³/mol. The van der Waals surface area contributed by atoms with E-state index in [0.717, 1.165) is 0 Å². The van der Waals surface area contributed by atoms with Crippen LogP contribution in [-0.2, 0) is 16.2 Å². The van der Waals surface area contributed by atoms with Crippen molar-refractivity contribution in [2.75, 3.05) is 4.90 Å². The molecule has 0 atom stereocenters. The highest BCUT2D eigenvalue weighted by Crippen LogP contribution is 2.52. The molecular weight excluding hydrogens is 506 g/mol. The molecule has 0 amide bonds. The standard InChI is InChI=1S/C41H41N/c1-39(2)24-25-40(3,4)38-27-32(21-23-36(38)39)42(30-18-16-29(17-19-30)28-12-8-7-9-13-28)31-20-22-34-33-14-10-11-15-35(33)41(5,6)37(34)26-31/h7-23,26-27H,24-25H2,1-6H3. The van der Waals surface area contributed by atoms with Gasteiger partial charge >= 0.3 is 0 Å². The summed E-state index contributed by atoms with van der Waals surface area (Å²) in [4.78, 5) is 2.46. The van der Waals surface area contributed by atoms with Crippen LogP contribution < -0.4 is 4.90 Å². The normalized spacial score (nSPS) is 17.2. The van der Waals surface area contributed by atoms with Crippen molar-refractivity contribution in [2.45, 2.75) is 70.6 Å². The molecule has 7 rings (SSSR count). The van der Waals surface area contributed by atoms with Gasteiger partial charge in [0, 0.05) is 22.5 Å². The van der Waals surface area contributed by atoms with E-state index in [-0.39, 0.29) is 16.2 Å². The molecule has 2 aliphatic carbocycles. The summed E-state index contributed by atoms with van der Waals surface area (Å²) in [7, 11) is 0. The first-order valence-corrected chi connectivity index (χ1v) is 15.4. The Morgan fingerprint density at radius 2 is 0.952 bits per heavy atom. The van der Waals surface area contributed by atoms with Gasteiger partial charge in [0.1, 0.15) is 0 Å². The minimum atomic E-state index is -0.0490. The van der Waals surface area contributed by atoms with Crippen LogP contribution in [0.1, 0.15) is 76.6 Å². The first kappa shape index (κ1) is 26.8. The lowest BCUT2D eigenvalue weighted by molar-refractivity contribution is 0.332. The third-order valence-electron chi connectivity index (χ3n) is 10.2. The van der Waals surface area contributed by atoms with Gasteiger partial charge in [-0.1, -0.05) is 120 Å². The van der Waals surface area contributed by atoms with Crippen LogP contribution in [0.15, 0.2) is 115 Å². The molecular formula is C41H41N. The van der Waals surface area contributed by atoms with Gasteiger partial charge in [0.05, 0.1) is 0 Å². The molecule has 0 fully saturated rings. The van der Waals surface area contributed by atoms with Crippen LogP contribution >= 0.6 is 0 Å². The number of benzene rings is 5. The molecule has 0 aliphatic heterocycles. The van der Waals surface area contributed by atoms with Gasteiger partial charge < -0.3 is 4.90 Å². The highest BCUT2D eigenvalue weighted by atomic mass is 15.1. The molecule has 5 aromatic carbocycles. The molecule has 2 aliphatic rings. The quantitative estimate of drug-likeness (QED) is 0.216. The van der Waals surface area contributed by atoms with E-state index < -0.39 is 0 Å². The molecule has 1 heteroatoms. The summed E-state index contributed by atoms with van der Waals surface area (Å²) < 4.78 is 0. The van der Waals surface area contributed by atoms with E-state index >= 15 is 0 Å². The van der Waals surface area contributed by atoms with E-state index in [2.05, 4.69) is 162 Å². The molecule has 5 aromatic rings. The first-order chi connectivity index (χ1) is 20.1.